The molecule has 1 aliphatic rings. The Labute approximate surface area is 156 Å². The van der Waals surface area contributed by atoms with Crippen molar-refractivity contribution in [1.82, 2.24) is 14.9 Å². The van der Waals surface area contributed by atoms with Crippen molar-refractivity contribution in [2.75, 3.05) is 11.9 Å². The SMILES string of the molecule is Cc1cccc(-c2nc3c(c(=O)[nH]2)CN(C(=O)Nc2ccccc2)CC3)c1. The number of benzene rings is 2. The summed E-state index contributed by atoms with van der Waals surface area (Å²) in [5.41, 5.74) is 3.86. The fraction of sp³-hybridized carbons (Fsp3) is 0.190. The first-order valence-corrected chi connectivity index (χ1v) is 8.90. The summed E-state index contributed by atoms with van der Waals surface area (Å²) in [6.45, 7) is 2.78. The third-order valence-electron chi connectivity index (χ3n) is 4.67. The lowest BCUT2D eigenvalue weighted by Gasteiger charge is -2.28. The van der Waals surface area contributed by atoms with Gasteiger partial charge in [0.25, 0.3) is 5.56 Å². The second kappa shape index (κ2) is 7.07. The van der Waals surface area contributed by atoms with Crippen LogP contribution in [-0.4, -0.2) is 27.4 Å². The molecule has 0 bridgehead atoms. The maximum absolute atomic E-state index is 12.6. The first kappa shape index (κ1) is 17.0. The van der Waals surface area contributed by atoms with Crippen molar-refractivity contribution in [3.63, 3.8) is 0 Å². The number of hydrogen-bond donors (Lipinski definition) is 2. The van der Waals surface area contributed by atoms with Crippen LogP contribution in [-0.2, 0) is 13.0 Å². The molecular weight excluding hydrogens is 340 g/mol. The van der Waals surface area contributed by atoms with E-state index in [0.717, 1.165) is 22.5 Å². The Balaban J connectivity index is 1.57. The van der Waals surface area contributed by atoms with E-state index in [1.807, 2.05) is 61.5 Å². The Bertz CT molecular complexity index is 1040. The van der Waals surface area contributed by atoms with Gasteiger partial charge in [-0.25, -0.2) is 9.78 Å². The van der Waals surface area contributed by atoms with Crippen LogP contribution in [0, 0.1) is 6.92 Å². The van der Waals surface area contributed by atoms with Crippen LogP contribution in [0.3, 0.4) is 0 Å². The summed E-state index contributed by atoms with van der Waals surface area (Å²) in [7, 11) is 0. The highest BCUT2D eigenvalue weighted by Crippen LogP contribution is 2.20. The van der Waals surface area contributed by atoms with Gasteiger partial charge in [0.05, 0.1) is 17.8 Å². The van der Waals surface area contributed by atoms with Gasteiger partial charge in [-0.15, -0.1) is 0 Å². The van der Waals surface area contributed by atoms with Crippen molar-refractivity contribution in [3.05, 3.63) is 81.8 Å². The van der Waals surface area contributed by atoms with E-state index in [1.54, 1.807) is 4.90 Å². The molecular formula is C21H20N4O2. The molecule has 2 amide bonds. The van der Waals surface area contributed by atoms with Crippen LogP contribution < -0.4 is 10.9 Å². The van der Waals surface area contributed by atoms with E-state index in [2.05, 4.69) is 15.3 Å². The molecule has 2 N–H and O–H groups in total. The molecule has 3 aromatic rings. The minimum Gasteiger partial charge on any atom is -0.320 e. The Morgan fingerprint density at radius 1 is 1.15 bits per heavy atom. The van der Waals surface area contributed by atoms with Crippen molar-refractivity contribution in [2.24, 2.45) is 0 Å². The third kappa shape index (κ3) is 3.60. The molecule has 2 aromatic carbocycles. The molecule has 27 heavy (non-hydrogen) atoms. The van der Waals surface area contributed by atoms with Crippen molar-refractivity contribution < 1.29 is 4.79 Å². The fourth-order valence-corrected chi connectivity index (χ4v) is 3.25. The summed E-state index contributed by atoms with van der Waals surface area (Å²) in [6.07, 6.45) is 0.556. The maximum atomic E-state index is 12.6. The molecule has 1 aromatic heterocycles. The number of aryl methyl sites for hydroxylation is 1. The van der Waals surface area contributed by atoms with Gasteiger partial charge in [-0.1, -0.05) is 42.0 Å². The lowest BCUT2D eigenvalue weighted by atomic mass is 10.1. The van der Waals surface area contributed by atoms with Crippen LogP contribution >= 0.6 is 0 Å². The number of carbonyl (C=O) groups excluding carboxylic acids is 1. The highest BCUT2D eigenvalue weighted by atomic mass is 16.2. The second-order valence-electron chi connectivity index (χ2n) is 6.68. The Morgan fingerprint density at radius 2 is 1.96 bits per heavy atom. The molecule has 0 fully saturated rings. The lowest BCUT2D eigenvalue weighted by Crippen LogP contribution is -2.41. The van der Waals surface area contributed by atoms with E-state index < -0.39 is 0 Å². The summed E-state index contributed by atoms with van der Waals surface area (Å²) >= 11 is 0. The number of amides is 2. The standard InChI is InChI=1S/C21H20N4O2/c1-14-6-5-7-15(12-14)19-23-18-10-11-25(13-17(18)20(26)24-19)21(27)22-16-8-3-2-4-9-16/h2-9,12H,10-11,13H2,1H3,(H,22,27)(H,23,24,26). The molecule has 1 aliphatic heterocycles. The van der Waals surface area contributed by atoms with E-state index in [9.17, 15) is 9.59 Å². The first-order chi connectivity index (χ1) is 13.1. The van der Waals surface area contributed by atoms with Crippen LogP contribution in [0.2, 0.25) is 0 Å². The zero-order valence-corrected chi connectivity index (χ0v) is 15.0. The number of fused-ring (bicyclic) bond motifs is 1. The monoisotopic (exact) mass is 360 g/mol. The number of nitrogens with one attached hydrogen (secondary N) is 2. The Hall–Kier alpha value is -3.41. The molecule has 0 spiro atoms. The van der Waals surface area contributed by atoms with E-state index in [0.29, 0.717) is 24.4 Å². The van der Waals surface area contributed by atoms with Gasteiger partial charge in [-0.3, -0.25) is 4.79 Å². The van der Waals surface area contributed by atoms with Gasteiger partial charge in [-0.2, -0.15) is 0 Å². The topological polar surface area (TPSA) is 78.1 Å². The predicted molar refractivity (Wildman–Crippen MR) is 105 cm³/mol. The van der Waals surface area contributed by atoms with Crippen molar-refractivity contribution in [3.8, 4) is 11.4 Å². The summed E-state index contributed by atoms with van der Waals surface area (Å²) in [4.78, 5) is 34.3. The molecule has 0 atom stereocenters. The summed E-state index contributed by atoms with van der Waals surface area (Å²) < 4.78 is 0. The van der Waals surface area contributed by atoms with Gasteiger partial charge in [0.2, 0.25) is 0 Å². The minimum atomic E-state index is -0.214. The van der Waals surface area contributed by atoms with Crippen LogP contribution in [0.25, 0.3) is 11.4 Å². The number of rotatable bonds is 2. The van der Waals surface area contributed by atoms with Gasteiger partial charge < -0.3 is 15.2 Å². The number of aromatic amines is 1. The van der Waals surface area contributed by atoms with Crippen molar-refractivity contribution in [1.29, 1.82) is 0 Å². The van der Waals surface area contributed by atoms with Crippen LogP contribution in [0.1, 0.15) is 16.8 Å². The fourth-order valence-electron chi connectivity index (χ4n) is 3.25. The normalized spacial score (nSPS) is 13.1. The average molecular weight is 360 g/mol. The lowest BCUT2D eigenvalue weighted by molar-refractivity contribution is 0.205. The van der Waals surface area contributed by atoms with Crippen LogP contribution in [0.5, 0.6) is 0 Å². The molecule has 136 valence electrons. The summed E-state index contributed by atoms with van der Waals surface area (Å²) in [5.74, 6) is 0.574. The molecule has 0 aliphatic carbocycles. The number of para-hydroxylation sites is 1. The van der Waals surface area contributed by atoms with Gasteiger partial charge in [0.15, 0.2) is 0 Å². The first-order valence-electron chi connectivity index (χ1n) is 8.90. The molecule has 4 rings (SSSR count). The van der Waals surface area contributed by atoms with Crippen LogP contribution in [0.4, 0.5) is 10.5 Å². The zero-order chi connectivity index (χ0) is 18.8. The largest absolute Gasteiger partial charge is 0.322 e. The van der Waals surface area contributed by atoms with E-state index >= 15 is 0 Å². The zero-order valence-electron chi connectivity index (χ0n) is 15.0. The quantitative estimate of drug-likeness (QED) is 0.736. The number of H-pyrrole nitrogens is 1. The Morgan fingerprint density at radius 3 is 2.74 bits per heavy atom. The maximum Gasteiger partial charge on any atom is 0.322 e. The molecule has 2 heterocycles. The number of anilines is 1. The van der Waals surface area contributed by atoms with E-state index in [4.69, 9.17) is 0 Å². The number of hydrogen-bond acceptors (Lipinski definition) is 3. The number of carbonyl (C=O) groups is 1. The minimum absolute atomic E-state index is 0.186. The molecule has 0 saturated heterocycles. The third-order valence-corrected chi connectivity index (χ3v) is 4.67. The number of nitrogens with zero attached hydrogens (tertiary/aromatic N) is 2. The highest BCUT2D eigenvalue weighted by molar-refractivity contribution is 5.89. The van der Waals surface area contributed by atoms with Gasteiger partial charge in [-0.05, 0) is 25.1 Å². The summed E-state index contributed by atoms with van der Waals surface area (Å²) in [6, 6.07) is 16.9. The Kier molecular flexibility index (Phi) is 4.46. The van der Waals surface area contributed by atoms with Gasteiger partial charge in [0.1, 0.15) is 5.82 Å². The highest BCUT2D eigenvalue weighted by Gasteiger charge is 2.24. The van der Waals surface area contributed by atoms with Crippen LogP contribution in [0.15, 0.2) is 59.4 Å². The molecule has 0 unspecified atom stereocenters. The van der Waals surface area contributed by atoms with Crippen molar-refractivity contribution in [2.45, 2.75) is 19.9 Å². The number of aromatic nitrogens is 2. The van der Waals surface area contributed by atoms with E-state index in [-0.39, 0.29) is 18.1 Å². The second-order valence-corrected chi connectivity index (χ2v) is 6.68. The average Bonchev–Trinajstić information content (AvgIpc) is 2.68. The molecule has 6 heteroatoms. The van der Waals surface area contributed by atoms with Crippen molar-refractivity contribution >= 4 is 11.7 Å². The molecule has 0 radical (unpaired) electrons. The van der Waals surface area contributed by atoms with E-state index in [1.165, 1.54) is 0 Å². The molecule has 0 saturated carbocycles. The smallest absolute Gasteiger partial charge is 0.320 e. The predicted octanol–water partition coefficient (Wildman–Crippen LogP) is 3.34. The molecule has 6 nitrogen and oxygen atoms in total. The number of urea groups is 1. The summed E-state index contributed by atoms with van der Waals surface area (Å²) in [5, 5.41) is 2.86. The van der Waals surface area contributed by atoms with Gasteiger partial charge in [0, 0.05) is 24.2 Å². The van der Waals surface area contributed by atoms with Gasteiger partial charge >= 0.3 is 6.03 Å².